The fraction of sp³-hybridized carbons (Fsp3) is 0.300. The van der Waals surface area contributed by atoms with Crippen molar-refractivity contribution in [2.75, 3.05) is 13.1 Å². The number of nitrogens with zero attached hydrogens (tertiary/aromatic N) is 3. The van der Waals surface area contributed by atoms with E-state index in [4.69, 9.17) is 0 Å². The number of halogens is 4. The van der Waals surface area contributed by atoms with Crippen molar-refractivity contribution in [3.8, 4) is 5.75 Å². The number of rotatable bonds is 7. The number of alkyl halides is 3. The minimum Gasteiger partial charge on any atom is -0.405 e. The number of hydrogen-bond donors (Lipinski definition) is 2. The first-order valence-corrected chi connectivity index (χ1v) is 9.23. The van der Waals surface area contributed by atoms with Crippen LogP contribution in [0.5, 0.6) is 5.75 Å². The van der Waals surface area contributed by atoms with E-state index in [2.05, 4.69) is 25.3 Å². The molecule has 2 aromatic heterocycles. The molecule has 0 bridgehead atoms. The summed E-state index contributed by atoms with van der Waals surface area (Å²) in [6, 6.07) is 11.8. The monoisotopic (exact) mass is 533 g/mol. The lowest BCUT2D eigenvalue weighted by atomic mass is 10.2. The Morgan fingerprint density at radius 3 is 2.63 bits per heavy atom. The van der Waals surface area contributed by atoms with Gasteiger partial charge in [0.05, 0.1) is 12.2 Å². The summed E-state index contributed by atoms with van der Waals surface area (Å²) in [5, 5.41) is 6.26. The molecule has 0 aliphatic rings. The molecule has 2 N–H and O–H groups in total. The van der Waals surface area contributed by atoms with E-state index in [0.717, 1.165) is 11.3 Å². The number of hydrogen-bond acceptors (Lipinski definition) is 3. The molecule has 1 aromatic carbocycles. The Labute approximate surface area is 189 Å². The lowest BCUT2D eigenvalue weighted by Crippen LogP contribution is -2.38. The van der Waals surface area contributed by atoms with Gasteiger partial charge in [0.1, 0.15) is 11.4 Å². The normalized spacial score (nSPS) is 11.8. The summed E-state index contributed by atoms with van der Waals surface area (Å²) in [5.74, 6) is 0.266. The van der Waals surface area contributed by atoms with Crippen LogP contribution in [0.2, 0.25) is 0 Å². The van der Waals surface area contributed by atoms with Crippen LogP contribution in [0.15, 0.2) is 59.9 Å². The maximum atomic E-state index is 12.6. The Morgan fingerprint density at radius 2 is 1.90 bits per heavy atom. The van der Waals surface area contributed by atoms with Gasteiger partial charge in [0.15, 0.2) is 5.96 Å². The van der Waals surface area contributed by atoms with E-state index in [0.29, 0.717) is 31.0 Å². The molecule has 0 radical (unpaired) electrons. The second kappa shape index (κ2) is 11.0. The minimum absolute atomic E-state index is 0. The summed E-state index contributed by atoms with van der Waals surface area (Å²) in [5.41, 5.74) is 2.16. The molecule has 0 saturated carbocycles. The molecule has 10 heteroatoms. The van der Waals surface area contributed by atoms with Crippen LogP contribution >= 0.6 is 24.0 Å². The van der Waals surface area contributed by atoms with Gasteiger partial charge in [-0.15, -0.1) is 37.1 Å². The van der Waals surface area contributed by atoms with Gasteiger partial charge in [0.25, 0.3) is 0 Å². The van der Waals surface area contributed by atoms with E-state index >= 15 is 0 Å². The van der Waals surface area contributed by atoms with E-state index in [1.807, 2.05) is 41.9 Å². The second-order valence-electron chi connectivity index (χ2n) is 6.23. The number of benzene rings is 1. The highest BCUT2D eigenvalue weighted by Gasteiger charge is 2.31. The van der Waals surface area contributed by atoms with Gasteiger partial charge in [-0.1, -0.05) is 24.3 Å². The van der Waals surface area contributed by atoms with Crippen LogP contribution in [-0.2, 0) is 13.0 Å². The van der Waals surface area contributed by atoms with Crippen LogP contribution in [0.3, 0.4) is 0 Å². The van der Waals surface area contributed by atoms with E-state index < -0.39 is 6.36 Å². The number of ether oxygens (including phenoxy) is 1. The Balaban J connectivity index is 0.00000320. The third-order valence-corrected chi connectivity index (χ3v) is 4.04. The largest absolute Gasteiger partial charge is 0.573 e. The zero-order valence-electron chi connectivity index (χ0n) is 16.3. The molecule has 0 spiro atoms. The number of nitrogens with one attached hydrogen (secondary N) is 2. The third kappa shape index (κ3) is 7.08. The molecular formula is C20H23F3IN5O. The average Bonchev–Trinajstić information content (AvgIpc) is 3.08. The van der Waals surface area contributed by atoms with E-state index in [1.165, 1.54) is 12.1 Å². The van der Waals surface area contributed by atoms with Crippen molar-refractivity contribution in [3.63, 3.8) is 0 Å². The van der Waals surface area contributed by atoms with E-state index in [1.54, 1.807) is 12.1 Å². The zero-order chi connectivity index (χ0) is 20.7. The molecule has 30 heavy (non-hydrogen) atoms. The predicted molar refractivity (Wildman–Crippen MR) is 120 cm³/mol. The number of pyridine rings is 1. The van der Waals surface area contributed by atoms with Crippen LogP contribution < -0.4 is 15.4 Å². The first-order chi connectivity index (χ1) is 13.9. The van der Waals surface area contributed by atoms with Gasteiger partial charge in [0.2, 0.25) is 0 Å². The van der Waals surface area contributed by atoms with Gasteiger partial charge >= 0.3 is 6.36 Å². The second-order valence-corrected chi connectivity index (χ2v) is 6.23. The molecule has 0 unspecified atom stereocenters. The van der Waals surface area contributed by atoms with Crippen LogP contribution in [0.1, 0.15) is 18.2 Å². The molecule has 0 aliphatic heterocycles. The molecule has 162 valence electrons. The summed E-state index contributed by atoms with van der Waals surface area (Å²) < 4.78 is 43.7. The van der Waals surface area contributed by atoms with Crippen LogP contribution in [0, 0.1) is 0 Å². The zero-order valence-corrected chi connectivity index (χ0v) is 18.6. The first-order valence-electron chi connectivity index (χ1n) is 9.23. The molecule has 0 amide bonds. The third-order valence-electron chi connectivity index (χ3n) is 4.04. The molecule has 0 aliphatic carbocycles. The maximum absolute atomic E-state index is 12.6. The molecule has 0 atom stereocenters. The molecule has 0 saturated heterocycles. The van der Waals surface area contributed by atoms with Crippen molar-refractivity contribution in [1.82, 2.24) is 20.0 Å². The number of guanidine groups is 1. The fourth-order valence-corrected chi connectivity index (χ4v) is 2.78. The van der Waals surface area contributed by atoms with Crippen LogP contribution in [0.25, 0.3) is 5.65 Å². The smallest absolute Gasteiger partial charge is 0.405 e. The summed E-state index contributed by atoms with van der Waals surface area (Å²) in [6.45, 7) is 3.17. The lowest BCUT2D eigenvalue weighted by molar-refractivity contribution is -0.274. The Kier molecular flexibility index (Phi) is 8.75. The van der Waals surface area contributed by atoms with Crippen molar-refractivity contribution in [2.24, 2.45) is 4.99 Å². The molecule has 2 heterocycles. The van der Waals surface area contributed by atoms with Gasteiger partial charge in [0, 0.05) is 37.5 Å². The highest BCUT2D eigenvalue weighted by Crippen LogP contribution is 2.26. The molecule has 3 aromatic rings. The molecule has 0 fully saturated rings. The van der Waals surface area contributed by atoms with Gasteiger partial charge in [-0.25, -0.2) is 9.98 Å². The number of fused-ring (bicyclic) bond motifs is 1. The van der Waals surface area contributed by atoms with Gasteiger partial charge in [-0.3, -0.25) is 0 Å². The lowest BCUT2D eigenvalue weighted by Gasteiger charge is -2.13. The summed E-state index contributed by atoms with van der Waals surface area (Å²) in [4.78, 5) is 8.90. The Morgan fingerprint density at radius 1 is 1.13 bits per heavy atom. The number of aliphatic imine (C=N–C) groups is 1. The van der Waals surface area contributed by atoms with Crippen LogP contribution in [-0.4, -0.2) is 34.8 Å². The van der Waals surface area contributed by atoms with Crippen molar-refractivity contribution >= 4 is 35.6 Å². The number of para-hydroxylation sites is 1. The summed E-state index contributed by atoms with van der Waals surface area (Å²) in [6.07, 6.45) is -0.159. The molecular weight excluding hydrogens is 510 g/mol. The standard InChI is InChI=1S/C20H22F3N5O.HI/c1-2-24-19(25-11-10-16-14-28-12-6-5-9-18(28)27-16)26-13-15-7-3-4-8-17(15)29-20(21,22)23;/h3-9,12,14H,2,10-11,13H2,1H3,(H2,24,25,26);1H. The highest BCUT2D eigenvalue weighted by atomic mass is 127. The van der Waals surface area contributed by atoms with Crippen molar-refractivity contribution in [2.45, 2.75) is 26.3 Å². The first kappa shape index (κ1) is 23.8. The topological polar surface area (TPSA) is 63.0 Å². The molecule has 6 nitrogen and oxygen atoms in total. The maximum Gasteiger partial charge on any atom is 0.573 e. The van der Waals surface area contributed by atoms with Gasteiger partial charge in [-0.2, -0.15) is 0 Å². The summed E-state index contributed by atoms with van der Waals surface area (Å²) in [7, 11) is 0. The average molecular weight is 533 g/mol. The van der Waals surface area contributed by atoms with Gasteiger partial charge < -0.3 is 19.8 Å². The summed E-state index contributed by atoms with van der Waals surface area (Å²) >= 11 is 0. The highest BCUT2D eigenvalue weighted by molar-refractivity contribution is 14.0. The Hall–Kier alpha value is -2.50. The van der Waals surface area contributed by atoms with Crippen molar-refractivity contribution in [1.29, 1.82) is 0 Å². The van der Waals surface area contributed by atoms with Crippen molar-refractivity contribution in [3.05, 3.63) is 66.1 Å². The van der Waals surface area contributed by atoms with Crippen LogP contribution in [0.4, 0.5) is 13.2 Å². The Bertz CT molecular complexity index is 941. The fourth-order valence-electron chi connectivity index (χ4n) is 2.78. The van der Waals surface area contributed by atoms with Gasteiger partial charge in [-0.05, 0) is 25.1 Å². The minimum atomic E-state index is -4.74. The van der Waals surface area contributed by atoms with Crippen molar-refractivity contribution < 1.29 is 17.9 Å². The van der Waals surface area contributed by atoms with E-state index in [-0.39, 0.29) is 36.3 Å². The number of imidazole rings is 1. The quantitative estimate of drug-likeness (QED) is 0.272. The SMILES string of the molecule is CCNC(=NCc1ccccc1OC(F)(F)F)NCCc1cn2ccccc2n1.I. The molecule has 3 rings (SSSR count). The predicted octanol–water partition coefficient (Wildman–Crippen LogP) is 4.15. The van der Waals surface area contributed by atoms with E-state index in [9.17, 15) is 13.2 Å². The number of aromatic nitrogens is 2.